The van der Waals surface area contributed by atoms with Gasteiger partial charge in [0, 0.05) is 42.9 Å². The molecule has 0 aliphatic carbocycles. The number of amides is 1. The SMILES string of the molecule is CC(C)(C)[Si](C)(C)OCCn1ccc(-c2nn(C3CCO3)c3ccc(OCCCNC(=O)OCc4ccccc4)cc23)c1. The van der Waals surface area contributed by atoms with Crippen LogP contribution < -0.4 is 10.1 Å². The average Bonchev–Trinajstić information content (AvgIpc) is 3.55. The van der Waals surface area contributed by atoms with E-state index in [4.69, 9.17) is 23.7 Å². The summed E-state index contributed by atoms with van der Waals surface area (Å²) in [6.45, 7) is 14.8. The van der Waals surface area contributed by atoms with Gasteiger partial charge in [-0.2, -0.15) is 5.10 Å². The van der Waals surface area contributed by atoms with E-state index in [1.807, 2.05) is 53.2 Å². The molecule has 1 fully saturated rings. The monoisotopic (exact) mass is 604 g/mol. The summed E-state index contributed by atoms with van der Waals surface area (Å²) < 4.78 is 27.7. The number of nitrogens with zero attached hydrogens (tertiary/aromatic N) is 3. The minimum atomic E-state index is -1.79. The number of aromatic nitrogens is 3. The molecule has 1 unspecified atom stereocenters. The van der Waals surface area contributed by atoms with E-state index < -0.39 is 14.4 Å². The van der Waals surface area contributed by atoms with Gasteiger partial charge in [0.15, 0.2) is 14.5 Å². The molecule has 10 heteroatoms. The first-order valence-electron chi connectivity index (χ1n) is 15.1. The van der Waals surface area contributed by atoms with Gasteiger partial charge in [0.1, 0.15) is 18.1 Å². The van der Waals surface area contributed by atoms with Crippen LogP contribution in [0, 0.1) is 0 Å². The lowest BCUT2D eigenvalue weighted by Gasteiger charge is -2.36. The Hall–Kier alpha value is -3.60. The second-order valence-corrected chi connectivity index (χ2v) is 17.3. The molecule has 5 rings (SSSR count). The van der Waals surface area contributed by atoms with E-state index in [1.165, 1.54) is 0 Å². The Morgan fingerprint density at radius 1 is 1.12 bits per heavy atom. The molecule has 230 valence electrons. The second kappa shape index (κ2) is 13.4. The lowest BCUT2D eigenvalue weighted by molar-refractivity contribution is -0.104. The number of hydrogen-bond donors (Lipinski definition) is 1. The van der Waals surface area contributed by atoms with Crippen molar-refractivity contribution in [2.75, 3.05) is 26.4 Å². The van der Waals surface area contributed by atoms with Crippen molar-refractivity contribution >= 4 is 25.3 Å². The lowest BCUT2D eigenvalue weighted by atomic mass is 10.1. The summed E-state index contributed by atoms with van der Waals surface area (Å²) in [5, 5.41) is 8.98. The van der Waals surface area contributed by atoms with Crippen molar-refractivity contribution in [3.05, 3.63) is 72.6 Å². The average molecular weight is 605 g/mol. The van der Waals surface area contributed by atoms with Crippen LogP contribution in [0.1, 0.15) is 45.4 Å². The molecule has 4 aromatic rings. The van der Waals surface area contributed by atoms with Crippen molar-refractivity contribution in [2.24, 2.45) is 0 Å². The number of fused-ring (bicyclic) bond motifs is 1. The first-order valence-corrected chi connectivity index (χ1v) is 18.0. The Labute approximate surface area is 255 Å². The maximum absolute atomic E-state index is 12.0. The van der Waals surface area contributed by atoms with Gasteiger partial charge in [-0.15, -0.1) is 0 Å². The normalized spacial score (nSPS) is 15.3. The van der Waals surface area contributed by atoms with Crippen molar-refractivity contribution in [3.63, 3.8) is 0 Å². The van der Waals surface area contributed by atoms with Crippen LogP contribution in [0.3, 0.4) is 0 Å². The van der Waals surface area contributed by atoms with E-state index in [0.29, 0.717) is 26.2 Å². The van der Waals surface area contributed by atoms with E-state index in [2.05, 4.69) is 62.2 Å². The van der Waals surface area contributed by atoms with Gasteiger partial charge in [-0.1, -0.05) is 51.1 Å². The number of rotatable bonds is 13. The fraction of sp³-hybridized carbons (Fsp3) is 0.455. The summed E-state index contributed by atoms with van der Waals surface area (Å²) in [6, 6.07) is 17.8. The molecule has 0 spiro atoms. The van der Waals surface area contributed by atoms with E-state index in [0.717, 1.165) is 53.0 Å². The molecular formula is C33H44N4O5Si. The van der Waals surface area contributed by atoms with Crippen molar-refractivity contribution in [2.45, 2.75) is 71.1 Å². The zero-order valence-corrected chi connectivity index (χ0v) is 27.0. The first kappa shape index (κ1) is 30.8. The Morgan fingerprint density at radius 3 is 2.63 bits per heavy atom. The molecule has 0 bridgehead atoms. The highest BCUT2D eigenvalue weighted by molar-refractivity contribution is 6.74. The standard InChI is InChI=1S/C33H44N4O5Si/c1-33(2,3)43(4,5)42-21-18-36-17-14-26(23-36)31-28-22-27(12-13-29(28)37(35-31)30-15-20-40-30)39-19-9-16-34-32(38)41-24-25-10-7-6-8-11-25/h6-8,10-14,17,22-23,30H,9,15-16,18-21,24H2,1-5H3,(H,34,38). The zero-order chi connectivity index (χ0) is 30.5. The van der Waals surface area contributed by atoms with Gasteiger partial charge in [-0.05, 0) is 54.4 Å². The van der Waals surface area contributed by atoms with Crippen LogP contribution in [0.25, 0.3) is 22.2 Å². The highest BCUT2D eigenvalue weighted by atomic mass is 28.4. The van der Waals surface area contributed by atoms with Crippen molar-refractivity contribution < 1.29 is 23.4 Å². The quantitative estimate of drug-likeness (QED) is 0.129. The summed E-state index contributed by atoms with van der Waals surface area (Å²) in [4.78, 5) is 12.0. The Kier molecular flexibility index (Phi) is 9.58. The maximum atomic E-state index is 12.0. The molecule has 1 N–H and O–H groups in total. The smallest absolute Gasteiger partial charge is 0.407 e. The number of carbonyl (C=O) groups is 1. The molecule has 2 aromatic carbocycles. The van der Waals surface area contributed by atoms with Gasteiger partial charge >= 0.3 is 6.09 Å². The van der Waals surface area contributed by atoms with Crippen LogP contribution in [0.2, 0.25) is 18.1 Å². The molecule has 9 nitrogen and oxygen atoms in total. The third-order valence-electron chi connectivity index (χ3n) is 8.34. The number of nitrogens with one attached hydrogen (secondary N) is 1. The molecule has 1 amide bonds. The first-order chi connectivity index (χ1) is 20.6. The second-order valence-electron chi connectivity index (χ2n) is 12.5. The van der Waals surface area contributed by atoms with Crippen molar-refractivity contribution in [1.29, 1.82) is 0 Å². The molecular weight excluding hydrogens is 560 g/mol. The number of benzene rings is 2. The van der Waals surface area contributed by atoms with Crippen LogP contribution in [0.15, 0.2) is 67.0 Å². The van der Waals surface area contributed by atoms with Gasteiger partial charge in [0.2, 0.25) is 0 Å². The van der Waals surface area contributed by atoms with Gasteiger partial charge in [0.25, 0.3) is 0 Å². The minimum Gasteiger partial charge on any atom is -0.494 e. The van der Waals surface area contributed by atoms with Gasteiger partial charge < -0.3 is 28.5 Å². The molecule has 1 aliphatic rings. The summed E-state index contributed by atoms with van der Waals surface area (Å²) in [5.74, 6) is 0.761. The Bertz CT molecular complexity index is 1500. The van der Waals surface area contributed by atoms with Crippen LogP contribution in [-0.2, 0) is 27.1 Å². The summed E-state index contributed by atoms with van der Waals surface area (Å²) in [6.07, 6.45) is 5.35. The Balaban J connectivity index is 1.19. The third-order valence-corrected chi connectivity index (χ3v) is 12.9. The molecule has 43 heavy (non-hydrogen) atoms. The van der Waals surface area contributed by atoms with Crippen LogP contribution >= 0.6 is 0 Å². The molecule has 1 saturated heterocycles. The number of ether oxygens (including phenoxy) is 3. The van der Waals surface area contributed by atoms with Gasteiger partial charge in [-0.3, -0.25) is 0 Å². The van der Waals surface area contributed by atoms with Crippen molar-refractivity contribution in [3.8, 4) is 17.0 Å². The van der Waals surface area contributed by atoms with Gasteiger partial charge in [-0.25, -0.2) is 9.48 Å². The van der Waals surface area contributed by atoms with Crippen molar-refractivity contribution in [1.82, 2.24) is 19.7 Å². The summed E-state index contributed by atoms with van der Waals surface area (Å²) >= 11 is 0. The molecule has 2 aromatic heterocycles. The molecule has 3 heterocycles. The topological polar surface area (TPSA) is 88.8 Å². The minimum absolute atomic E-state index is 0.0455. The number of alkyl carbamates (subject to hydrolysis) is 1. The van der Waals surface area contributed by atoms with Crippen LogP contribution in [-0.4, -0.2) is 55.1 Å². The van der Waals surface area contributed by atoms with E-state index >= 15 is 0 Å². The number of hydrogen-bond acceptors (Lipinski definition) is 6. The third kappa shape index (κ3) is 7.68. The highest BCUT2D eigenvalue weighted by Crippen LogP contribution is 2.37. The summed E-state index contributed by atoms with van der Waals surface area (Å²) in [7, 11) is -1.79. The largest absolute Gasteiger partial charge is 0.494 e. The fourth-order valence-electron chi connectivity index (χ4n) is 4.63. The van der Waals surface area contributed by atoms with Crippen LogP contribution in [0.5, 0.6) is 5.75 Å². The highest BCUT2D eigenvalue weighted by Gasteiger charge is 2.36. The molecule has 1 atom stereocenters. The molecule has 0 radical (unpaired) electrons. The predicted molar refractivity (Wildman–Crippen MR) is 171 cm³/mol. The van der Waals surface area contributed by atoms with Crippen LogP contribution in [0.4, 0.5) is 4.79 Å². The maximum Gasteiger partial charge on any atom is 0.407 e. The lowest BCUT2D eigenvalue weighted by Crippen LogP contribution is -2.41. The van der Waals surface area contributed by atoms with E-state index in [1.54, 1.807) is 0 Å². The molecule has 1 aliphatic heterocycles. The Morgan fingerprint density at radius 2 is 1.91 bits per heavy atom. The van der Waals surface area contributed by atoms with Gasteiger partial charge in [0.05, 0.1) is 25.3 Å². The molecule has 0 saturated carbocycles. The van der Waals surface area contributed by atoms with E-state index in [9.17, 15) is 4.79 Å². The summed E-state index contributed by atoms with van der Waals surface area (Å²) in [5.41, 5.74) is 3.92. The van der Waals surface area contributed by atoms with E-state index in [-0.39, 0.29) is 17.9 Å². The number of carbonyl (C=O) groups excluding carboxylic acids is 1. The zero-order valence-electron chi connectivity index (χ0n) is 26.0. The predicted octanol–water partition coefficient (Wildman–Crippen LogP) is 7.14. The fourth-order valence-corrected chi connectivity index (χ4v) is 5.66.